The van der Waals surface area contributed by atoms with Crippen molar-refractivity contribution in [1.29, 1.82) is 0 Å². The van der Waals surface area contributed by atoms with Crippen LogP contribution in [0, 0.1) is 0 Å². The number of hydrogen-bond acceptors (Lipinski definition) is 7. The highest BCUT2D eigenvalue weighted by molar-refractivity contribution is 7.92. The number of pyridine rings is 1. The predicted molar refractivity (Wildman–Crippen MR) is 103 cm³/mol. The maximum Gasteiger partial charge on any atom is 0.264 e. The third-order valence-corrected chi connectivity index (χ3v) is 4.85. The molecule has 9 nitrogen and oxygen atoms in total. The number of benzene rings is 1. The van der Waals surface area contributed by atoms with Gasteiger partial charge in [-0.25, -0.2) is 28.1 Å². The van der Waals surface area contributed by atoms with Crippen molar-refractivity contribution in [2.75, 3.05) is 16.6 Å². The van der Waals surface area contributed by atoms with Crippen LogP contribution >= 0.6 is 0 Å². The lowest BCUT2D eigenvalue weighted by Crippen LogP contribution is -2.16. The quantitative estimate of drug-likeness (QED) is 0.625. The SMILES string of the molecule is CCOc1ncccc1C(=O)Nc1ccc(S(=O)(=O)Nc2ncccn2)cc1. The molecular weight excluding hydrogens is 382 g/mol. The minimum absolute atomic E-state index is 0.00864. The van der Waals surface area contributed by atoms with E-state index in [1.165, 1.54) is 42.9 Å². The van der Waals surface area contributed by atoms with Gasteiger partial charge < -0.3 is 10.1 Å². The highest BCUT2D eigenvalue weighted by Crippen LogP contribution is 2.19. The zero-order valence-electron chi connectivity index (χ0n) is 14.9. The first kappa shape index (κ1) is 19.2. The summed E-state index contributed by atoms with van der Waals surface area (Å²) >= 11 is 0. The Morgan fingerprint density at radius 2 is 1.68 bits per heavy atom. The maximum absolute atomic E-state index is 12.5. The van der Waals surface area contributed by atoms with Crippen LogP contribution < -0.4 is 14.8 Å². The summed E-state index contributed by atoms with van der Waals surface area (Å²) in [5.74, 6) is -0.211. The summed E-state index contributed by atoms with van der Waals surface area (Å²) < 4.78 is 32.4. The van der Waals surface area contributed by atoms with Crippen LogP contribution in [0.1, 0.15) is 17.3 Å². The molecule has 0 atom stereocenters. The van der Waals surface area contributed by atoms with Crippen LogP contribution in [0.5, 0.6) is 5.88 Å². The van der Waals surface area contributed by atoms with E-state index in [-0.39, 0.29) is 22.3 Å². The Labute approximate surface area is 161 Å². The first-order valence-electron chi connectivity index (χ1n) is 8.28. The molecular formula is C18H17N5O4S. The minimum Gasteiger partial charge on any atom is -0.477 e. The fraction of sp³-hybridized carbons (Fsp3) is 0.111. The Bertz CT molecular complexity index is 1060. The largest absolute Gasteiger partial charge is 0.477 e. The second-order valence-corrected chi connectivity index (χ2v) is 7.13. The summed E-state index contributed by atoms with van der Waals surface area (Å²) in [4.78, 5) is 24.2. The van der Waals surface area contributed by atoms with Crippen LogP contribution in [0.3, 0.4) is 0 Å². The smallest absolute Gasteiger partial charge is 0.264 e. The number of nitrogens with zero attached hydrogens (tertiary/aromatic N) is 3. The van der Waals surface area contributed by atoms with Crippen LogP contribution in [0.2, 0.25) is 0 Å². The molecule has 0 radical (unpaired) electrons. The molecule has 0 saturated heterocycles. The number of ether oxygens (including phenoxy) is 1. The van der Waals surface area contributed by atoms with Crippen LogP contribution in [0.4, 0.5) is 11.6 Å². The van der Waals surface area contributed by atoms with E-state index < -0.39 is 15.9 Å². The number of aromatic nitrogens is 3. The Morgan fingerprint density at radius 1 is 1.00 bits per heavy atom. The highest BCUT2D eigenvalue weighted by Gasteiger charge is 2.17. The molecule has 0 aliphatic heterocycles. The number of amides is 1. The summed E-state index contributed by atoms with van der Waals surface area (Å²) in [6.45, 7) is 2.17. The highest BCUT2D eigenvalue weighted by atomic mass is 32.2. The van der Waals surface area contributed by atoms with E-state index in [9.17, 15) is 13.2 Å². The molecule has 0 aliphatic rings. The van der Waals surface area contributed by atoms with Gasteiger partial charge in [-0.15, -0.1) is 0 Å². The fourth-order valence-electron chi connectivity index (χ4n) is 2.26. The summed E-state index contributed by atoms with van der Waals surface area (Å²) in [6.07, 6.45) is 4.39. The third kappa shape index (κ3) is 4.60. The van der Waals surface area contributed by atoms with Crippen molar-refractivity contribution in [2.24, 2.45) is 0 Å². The van der Waals surface area contributed by atoms with Gasteiger partial charge in [-0.05, 0) is 49.4 Å². The van der Waals surface area contributed by atoms with E-state index in [4.69, 9.17) is 4.74 Å². The van der Waals surface area contributed by atoms with Crippen molar-refractivity contribution in [2.45, 2.75) is 11.8 Å². The summed E-state index contributed by atoms with van der Waals surface area (Å²) in [5, 5.41) is 2.69. The number of rotatable bonds is 7. The zero-order chi connectivity index (χ0) is 20.0. The molecule has 2 N–H and O–H groups in total. The zero-order valence-corrected chi connectivity index (χ0v) is 15.7. The van der Waals surface area contributed by atoms with Gasteiger partial charge in [0.05, 0.1) is 11.5 Å². The fourth-order valence-corrected chi connectivity index (χ4v) is 3.22. The molecule has 0 bridgehead atoms. The first-order chi connectivity index (χ1) is 13.5. The lowest BCUT2D eigenvalue weighted by atomic mass is 10.2. The number of carbonyl (C=O) groups is 1. The standard InChI is InChI=1S/C18H17N5O4S/c1-2-27-17-15(5-3-10-19-17)16(24)22-13-6-8-14(9-7-13)28(25,26)23-18-20-11-4-12-21-18/h3-12H,2H2,1H3,(H,22,24)(H,20,21,23). The van der Waals surface area contributed by atoms with Crippen molar-refractivity contribution in [3.63, 3.8) is 0 Å². The number of carbonyl (C=O) groups excluding carboxylic acids is 1. The van der Waals surface area contributed by atoms with E-state index in [1.54, 1.807) is 25.1 Å². The monoisotopic (exact) mass is 399 g/mol. The van der Waals surface area contributed by atoms with Crippen LogP contribution in [0.25, 0.3) is 0 Å². The molecule has 0 fully saturated rings. The predicted octanol–water partition coefficient (Wildman–Crippen LogP) is 2.32. The van der Waals surface area contributed by atoms with Gasteiger partial charge in [0.25, 0.3) is 15.9 Å². The van der Waals surface area contributed by atoms with Crippen LogP contribution in [0.15, 0.2) is 66.0 Å². The number of anilines is 2. The average molecular weight is 399 g/mol. The molecule has 0 aliphatic carbocycles. The van der Waals surface area contributed by atoms with Gasteiger partial charge >= 0.3 is 0 Å². The lowest BCUT2D eigenvalue weighted by Gasteiger charge is -2.10. The number of sulfonamides is 1. The van der Waals surface area contributed by atoms with Crippen molar-refractivity contribution in [3.05, 3.63) is 66.6 Å². The van der Waals surface area contributed by atoms with Crippen molar-refractivity contribution in [1.82, 2.24) is 15.0 Å². The van der Waals surface area contributed by atoms with Gasteiger partial charge in [-0.2, -0.15) is 0 Å². The van der Waals surface area contributed by atoms with Gasteiger partial charge in [0, 0.05) is 24.3 Å². The van der Waals surface area contributed by atoms with Crippen LogP contribution in [-0.4, -0.2) is 35.9 Å². The Morgan fingerprint density at radius 3 is 2.36 bits per heavy atom. The Hall–Kier alpha value is -3.53. The summed E-state index contributed by atoms with van der Waals surface area (Å²) in [6, 6.07) is 10.5. The minimum atomic E-state index is -3.84. The molecule has 10 heteroatoms. The Kier molecular flexibility index (Phi) is 5.80. The second-order valence-electron chi connectivity index (χ2n) is 5.45. The molecule has 3 aromatic rings. The third-order valence-electron chi connectivity index (χ3n) is 3.51. The number of nitrogens with one attached hydrogen (secondary N) is 2. The normalized spacial score (nSPS) is 10.9. The molecule has 1 aromatic carbocycles. The van der Waals surface area contributed by atoms with Gasteiger partial charge in [-0.1, -0.05) is 0 Å². The average Bonchev–Trinajstić information content (AvgIpc) is 2.69. The molecule has 1 amide bonds. The van der Waals surface area contributed by atoms with Gasteiger partial charge in [0.1, 0.15) is 5.56 Å². The maximum atomic E-state index is 12.5. The van der Waals surface area contributed by atoms with E-state index in [0.717, 1.165) is 0 Å². The first-order valence-corrected chi connectivity index (χ1v) is 9.77. The topological polar surface area (TPSA) is 123 Å². The molecule has 28 heavy (non-hydrogen) atoms. The summed E-state index contributed by atoms with van der Waals surface area (Å²) in [7, 11) is -3.84. The van der Waals surface area contributed by atoms with Crippen LogP contribution in [-0.2, 0) is 10.0 Å². The van der Waals surface area contributed by atoms with Crippen molar-refractivity contribution < 1.29 is 17.9 Å². The van der Waals surface area contributed by atoms with E-state index in [0.29, 0.717) is 12.3 Å². The molecule has 3 rings (SSSR count). The van der Waals surface area contributed by atoms with Crippen molar-refractivity contribution in [3.8, 4) is 5.88 Å². The molecule has 2 aromatic heterocycles. The van der Waals surface area contributed by atoms with Gasteiger partial charge in [0.15, 0.2) is 0 Å². The molecule has 0 spiro atoms. The second kappa shape index (κ2) is 8.44. The molecule has 0 unspecified atom stereocenters. The Balaban J connectivity index is 1.73. The van der Waals surface area contributed by atoms with Crippen molar-refractivity contribution >= 4 is 27.6 Å². The van der Waals surface area contributed by atoms with Gasteiger partial charge in [-0.3, -0.25) is 4.79 Å². The lowest BCUT2D eigenvalue weighted by molar-refractivity contribution is 0.102. The van der Waals surface area contributed by atoms with E-state index in [1.807, 2.05) is 0 Å². The summed E-state index contributed by atoms with van der Waals surface area (Å²) in [5.41, 5.74) is 0.704. The van der Waals surface area contributed by atoms with E-state index >= 15 is 0 Å². The molecule has 144 valence electrons. The molecule has 2 heterocycles. The van der Waals surface area contributed by atoms with E-state index in [2.05, 4.69) is 25.0 Å². The van der Waals surface area contributed by atoms with Gasteiger partial charge in [0.2, 0.25) is 11.8 Å². The molecule has 0 saturated carbocycles. The number of hydrogen-bond donors (Lipinski definition) is 2.